The minimum atomic E-state index is -3.52. The van der Waals surface area contributed by atoms with Gasteiger partial charge in [0.25, 0.3) is 5.91 Å². The summed E-state index contributed by atoms with van der Waals surface area (Å²) < 4.78 is 32.1. The fourth-order valence-electron chi connectivity index (χ4n) is 2.99. The van der Waals surface area contributed by atoms with E-state index in [0.717, 1.165) is 5.56 Å². The zero-order chi connectivity index (χ0) is 20.0. The molecule has 1 aliphatic rings. The van der Waals surface area contributed by atoms with E-state index >= 15 is 0 Å². The van der Waals surface area contributed by atoms with Gasteiger partial charge < -0.3 is 9.64 Å². The van der Waals surface area contributed by atoms with Crippen molar-refractivity contribution >= 4 is 22.0 Å². The Kier molecular flexibility index (Phi) is 6.49. The summed E-state index contributed by atoms with van der Waals surface area (Å²) in [4.78, 5) is 14.2. The van der Waals surface area contributed by atoms with Crippen molar-refractivity contribution in [3.05, 3.63) is 71.6 Å². The lowest BCUT2D eigenvalue weighted by atomic mass is 10.2. The quantitative estimate of drug-likeness (QED) is 0.748. The number of rotatable bonds is 6. The Morgan fingerprint density at radius 1 is 0.964 bits per heavy atom. The first kappa shape index (κ1) is 20.1. The van der Waals surface area contributed by atoms with E-state index in [4.69, 9.17) is 4.74 Å². The van der Waals surface area contributed by atoms with E-state index in [1.54, 1.807) is 30.0 Å². The lowest BCUT2D eigenvalue weighted by Crippen LogP contribution is -2.52. The van der Waals surface area contributed by atoms with Gasteiger partial charge in [-0.05, 0) is 30.7 Å². The van der Waals surface area contributed by atoms with Crippen molar-refractivity contribution < 1.29 is 17.9 Å². The van der Waals surface area contributed by atoms with Crippen LogP contribution in [0.4, 0.5) is 0 Å². The number of hydrogen-bond donors (Lipinski definition) is 0. The Morgan fingerprint density at radius 2 is 1.54 bits per heavy atom. The third-order valence-corrected chi connectivity index (χ3v) is 6.11. The number of benzene rings is 2. The molecule has 148 valence electrons. The Balaban J connectivity index is 1.54. The van der Waals surface area contributed by atoms with Crippen LogP contribution in [0.1, 0.15) is 12.5 Å². The fraction of sp³-hybridized carbons (Fsp3) is 0.286. The van der Waals surface area contributed by atoms with Crippen LogP contribution in [0.5, 0.6) is 5.75 Å². The molecular formula is C21H24N2O4S. The smallest absolute Gasteiger partial charge is 0.263 e. The van der Waals surface area contributed by atoms with Crippen molar-refractivity contribution in [2.24, 2.45) is 0 Å². The van der Waals surface area contributed by atoms with Gasteiger partial charge in [0.05, 0.1) is 0 Å². The van der Waals surface area contributed by atoms with Crippen LogP contribution < -0.4 is 4.74 Å². The highest BCUT2D eigenvalue weighted by Gasteiger charge is 2.30. The number of sulfonamides is 1. The monoisotopic (exact) mass is 400 g/mol. The maximum Gasteiger partial charge on any atom is 0.263 e. The first-order valence-corrected chi connectivity index (χ1v) is 10.7. The minimum Gasteiger partial charge on any atom is -0.481 e. The molecule has 3 rings (SSSR count). The van der Waals surface area contributed by atoms with Gasteiger partial charge in [-0.2, -0.15) is 4.31 Å². The highest BCUT2D eigenvalue weighted by molar-refractivity contribution is 7.92. The molecule has 6 nitrogen and oxygen atoms in total. The van der Waals surface area contributed by atoms with Crippen LogP contribution in [-0.4, -0.2) is 55.8 Å². The van der Waals surface area contributed by atoms with Crippen LogP contribution in [0.3, 0.4) is 0 Å². The third-order valence-electron chi connectivity index (χ3n) is 4.55. The van der Waals surface area contributed by atoms with Crippen molar-refractivity contribution in [3.63, 3.8) is 0 Å². The van der Waals surface area contributed by atoms with E-state index in [-0.39, 0.29) is 19.0 Å². The van der Waals surface area contributed by atoms with Gasteiger partial charge >= 0.3 is 0 Å². The molecule has 0 bridgehead atoms. The second-order valence-electron chi connectivity index (χ2n) is 6.56. The summed E-state index contributed by atoms with van der Waals surface area (Å²) in [7, 11) is -3.52. The zero-order valence-electron chi connectivity index (χ0n) is 15.8. The molecule has 1 aliphatic heterocycles. The van der Waals surface area contributed by atoms with Gasteiger partial charge in [0.15, 0.2) is 6.10 Å². The van der Waals surface area contributed by atoms with Crippen molar-refractivity contribution in [2.45, 2.75) is 13.0 Å². The van der Waals surface area contributed by atoms with E-state index in [0.29, 0.717) is 18.8 Å². The van der Waals surface area contributed by atoms with E-state index in [2.05, 4.69) is 0 Å². The molecule has 28 heavy (non-hydrogen) atoms. The van der Waals surface area contributed by atoms with Crippen molar-refractivity contribution in [2.75, 3.05) is 26.2 Å². The van der Waals surface area contributed by atoms with Gasteiger partial charge in [0.1, 0.15) is 5.75 Å². The molecule has 7 heteroatoms. The SMILES string of the molecule is C[C@@H](Oc1ccccc1)C(=O)N1CCN(S(=O)(=O)/C=C/c2ccccc2)CC1. The molecule has 2 aromatic rings. The maximum atomic E-state index is 12.6. The van der Waals surface area contributed by atoms with Crippen LogP contribution in [0, 0.1) is 0 Å². The Labute approximate surface area is 166 Å². The number of carbonyl (C=O) groups is 1. The number of nitrogens with zero attached hydrogens (tertiary/aromatic N) is 2. The fourth-order valence-corrected chi connectivity index (χ4v) is 4.16. The summed E-state index contributed by atoms with van der Waals surface area (Å²) in [6.07, 6.45) is 0.964. The number of hydrogen-bond acceptors (Lipinski definition) is 4. The third kappa shape index (κ3) is 5.21. The van der Waals surface area contributed by atoms with E-state index in [1.165, 1.54) is 9.71 Å². The molecule has 1 heterocycles. The highest BCUT2D eigenvalue weighted by Crippen LogP contribution is 2.15. The predicted molar refractivity (Wildman–Crippen MR) is 109 cm³/mol. The standard InChI is InChI=1S/C21H24N2O4S/c1-18(27-20-10-6-3-7-11-20)21(24)22-13-15-23(16-14-22)28(25,26)17-12-19-8-4-2-5-9-19/h2-12,17-18H,13-16H2,1H3/b17-12+/t18-/m1/s1. The number of ether oxygens (including phenoxy) is 1. The lowest BCUT2D eigenvalue weighted by Gasteiger charge is -2.34. The zero-order valence-corrected chi connectivity index (χ0v) is 16.6. The van der Waals surface area contributed by atoms with E-state index in [1.807, 2.05) is 48.5 Å². The van der Waals surface area contributed by atoms with Crippen molar-refractivity contribution in [3.8, 4) is 5.75 Å². The summed E-state index contributed by atoms with van der Waals surface area (Å²) >= 11 is 0. The molecule has 2 aromatic carbocycles. The van der Waals surface area contributed by atoms with Gasteiger partial charge in [-0.15, -0.1) is 0 Å². The Hall–Kier alpha value is -2.64. The van der Waals surface area contributed by atoms with Gasteiger partial charge in [-0.3, -0.25) is 4.79 Å². The predicted octanol–water partition coefficient (Wildman–Crippen LogP) is 2.60. The summed E-state index contributed by atoms with van der Waals surface area (Å²) in [5.41, 5.74) is 0.826. The average molecular weight is 401 g/mol. The first-order valence-electron chi connectivity index (χ1n) is 9.19. The average Bonchev–Trinajstić information content (AvgIpc) is 2.73. The molecule has 0 aromatic heterocycles. The first-order chi connectivity index (χ1) is 13.5. The number of piperazine rings is 1. The van der Waals surface area contributed by atoms with Crippen LogP contribution in [0.25, 0.3) is 6.08 Å². The summed E-state index contributed by atoms with van der Waals surface area (Å²) in [5, 5.41) is 1.22. The van der Waals surface area contributed by atoms with Gasteiger partial charge in [0, 0.05) is 31.6 Å². The summed E-state index contributed by atoms with van der Waals surface area (Å²) in [6.45, 7) is 2.94. The maximum absolute atomic E-state index is 12.6. The van der Waals surface area contributed by atoms with Gasteiger partial charge in [-0.1, -0.05) is 48.5 Å². The molecule has 1 amide bonds. The second kappa shape index (κ2) is 9.03. The van der Waals surface area contributed by atoms with Crippen LogP contribution >= 0.6 is 0 Å². The van der Waals surface area contributed by atoms with Crippen LogP contribution in [0.15, 0.2) is 66.1 Å². The molecule has 0 saturated carbocycles. The molecule has 0 aliphatic carbocycles. The minimum absolute atomic E-state index is 0.138. The molecule has 1 atom stereocenters. The topological polar surface area (TPSA) is 66.9 Å². The second-order valence-corrected chi connectivity index (χ2v) is 8.37. The van der Waals surface area contributed by atoms with Crippen molar-refractivity contribution in [1.29, 1.82) is 0 Å². The van der Waals surface area contributed by atoms with Crippen LogP contribution in [-0.2, 0) is 14.8 Å². The molecule has 0 radical (unpaired) electrons. The molecule has 0 N–H and O–H groups in total. The normalized spacial score (nSPS) is 16.8. The molecule has 0 unspecified atom stereocenters. The molecule has 1 saturated heterocycles. The Bertz CT molecular complexity index is 906. The highest BCUT2D eigenvalue weighted by atomic mass is 32.2. The van der Waals surface area contributed by atoms with E-state index < -0.39 is 16.1 Å². The largest absolute Gasteiger partial charge is 0.481 e. The van der Waals surface area contributed by atoms with E-state index in [9.17, 15) is 13.2 Å². The molecule has 0 spiro atoms. The molecular weight excluding hydrogens is 376 g/mol. The number of carbonyl (C=O) groups excluding carboxylic acids is 1. The van der Waals surface area contributed by atoms with Crippen LogP contribution in [0.2, 0.25) is 0 Å². The Morgan fingerprint density at radius 3 is 2.14 bits per heavy atom. The lowest BCUT2D eigenvalue weighted by molar-refractivity contribution is -0.139. The van der Waals surface area contributed by atoms with Crippen molar-refractivity contribution in [1.82, 2.24) is 9.21 Å². The molecule has 1 fully saturated rings. The number of para-hydroxylation sites is 1. The van der Waals surface area contributed by atoms with Gasteiger partial charge in [-0.25, -0.2) is 8.42 Å². The summed E-state index contributed by atoms with van der Waals surface area (Å²) in [6, 6.07) is 18.5. The summed E-state index contributed by atoms with van der Waals surface area (Å²) in [5.74, 6) is 0.497. The number of amides is 1. The van der Waals surface area contributed by atoms with Gasteiger partial charge in [0.2, 0.25) is 10.0 Å².